The Kier molecular flexibility index (Phi) is 4.78. The Hall–Kier alpha value is -0.280. The molecule has 1 saturated heterocycles. The summed E-state index contributed by atoms with van der Waals surface area (Å²) in [5.74, 6) is 0.611. The minimum atomic E-state index is -0.122. The highest BCUT2D eigenvalue weighted by atomic mass is 35.5. The highest BCUT2D eigenvalue weighted by Gasteiger charge is 2.34. The summed E-state index contributed by atoms with van der Waals surface area (Å²) in [4.78, 5) is 0. The van der Waals surface area contributed by atoms with Gasteiger partial charge in [-0.3, -0.25) is 0 Å². The van der Waals surface area contributed by atoms with Crippen molar-refractivity contribution in [1.82, 2.24) is 5.32 Å². The zero-order chi connectivity index (χ0) is 14.0. The van der Waals surface area contributed by atoms with Crippen LogP contribution < -0.4 is 5.32 Å². The molecule has 0 saturated carbocycles. The summed E-state index contributed by atoms with van der Waals surface area (Å²) < 4.78 is 6.30. The Balaban J connectivity index is 2.14. The summed E-state index contributed by atoms with van der Waals surface area (Å²) in [6.45, 7) is 8.31. The zero-order valence-electron chi connectivity index (χ0n) is 11.7. The molecule has 1 heterocycles. The summed E-state index contributed by atoms with van der Waals surface area (Å²) in [6.07, 6.45) is 1.07. The SMILES string of the molecule is CC(C)CC1(C)CNCC(c2ccc(Cl)c(Cl)c2)O1. The third kappa shape index (κ3) is 3.85. The first-order valence-corrected chi connectivity index (χ1v) is 7.49. The first-order chi connectivity index (χ1) is 8.89. The van der Waals surface area contributed by atoms with Crippen LogP contribution in [-0.2, 0) is 4.74 Å². The van der Waals surface area contributed by atoms with Crippen LogP contribution in [-0.4, -0.2) is 18.7 Å². The van der Waals surface area contributed by atoms with Gasteiger partial charge in [-0.25, -0.2) is 0 Å². The molecule has 0 aliphatic carbocycles. The summed E-state index contributed by atoms with van der Waals surface area (Å²) >= 11 is 12.0. The third-order valence-corrected chi connectivity index (χ3v) is 4.15. The first-order valence-electron chi connectivity index (χ1n) is 6.73. The molecular formula is C15H21Cl2NO. The van der Waals surface area contributed by atoms with E-state index in [0.29, 0.717) is 16.0 Å². The predicted octanol–water partition coefficient (Wildman–Crippen LogP) is 4.46. The molecule has 0 amide bonds. The van der Waals surface area contributed by atoms with Crippen LogP contribution in [0.4, 0.5) is 0 Å². The number of morpholine rings is 1. The van der Waals surface area contributed by atoms with Gasteiger partial charge in [-0.15, -0.1) is 0 Å². The van der Waals surface area contributed by atoms with Crippen LogP contribution in [0.3, 0.4) is 0 Å². The molecule has 106 valence electrons. The Morgan fingerprint density at radius 2 is 2.11 bits per heavy atom. The molecule has 19 heavy (non-hydrogen) atoms. The average Bonchev–Trinajstić information content (AvgIpc) is 2.31. The van der Waals surface area contributed by atoms with Gasteiger partial charge in [-0.2, -0.15) is 0 Å². The van der Waals surface area contributed by atoms with Crippen LogP contribution in [0.1, 0.15) is 38.9 Å². The van der Waals surface area contributed by atoms with E-state index in [0.717, 1.165) is 25.1 Å². The first kappa shape index (κ1) is 15.1. The second kappa shape index (κ2) is 6.01. The van der Waals surface area contributed by atoms with Crippen LogP contribution >= 0.6 is 23.2 Å². The molecule has 0 spiro atoms. The monoisotopic (exact) mass is 301 g/mol. The molecule has 2 unspecified atom stereocenters. The second-order valence-corrected chi connectivity index (χ2v) is 6.77. The molecule has 0 aromatic heterocycles. The second-order valence-electron chi connectivity index (χ2n) is 5.96. The number of benzene rings is 1. The van der Waals surface area contributed by atoms with E-state index in [1.807, 2.05) is 18.2 Å². The smallest absolute Gasteiger partial charge is 0.0957 e. The van der Waals surface area contributed by atoms with Crippen LogP contribution in [0, 0.1) is 5.92 Å². The van der Waals surface area contributed by atoms with Gasteiger partial charge in [-0.1, -0.05) is 43.1 Å². The average molecular weight is 302 g/mol. The molecule has 2 rings (SSSR count). The normalized spacial score (nSPS) is 27.8. The van der Waals surface area contributed by atoms with E-state index in [1.54, 1.807) is 0 Å². The van der Waals surface area contributed by atoms with Crippen LogP contribution in [0.15, 0.2) is 18.2 Å². The Labute approximate surface area is 125 Å². The number of rotatable bonds is 3. The molecule has 1 aliphatic rings. The molecular weight excluding hydrogens is 281 g/mol. The highest BCUT2D eigenvalue weighted by Crippen LogP contribution is 2.33. The van der Waals surface area contributed by atoms with E-state index in [-0.39, 0.29) is 11.7 Å². The van der Waals surface area contributed by atoms with Gasteiger partial charge in [-0.05, 0) is 37.0 Å². The molecule has 1 aliphatic heterocycles. The van der Waals surface area contributed by atoms with Crippen molar-refractivity contribution in [3.05, 3.63) is 33.8 Å². The van der Waals surface area contributed by atoms with Crippen molar-refractivity contribution in [2.24, 2.45) is 5.92 Å². The van der Waals surface area contributed by atoms with Gasteiger partial charge in [0.1, 0.15) is 0 Å². The van der Waals surface area contributed by atoms with Gasteiger partial charge in [0.2, 0.25) is 0 Å². The molecule has 1 N–H and O–H groups in total. The predicted molar refractivity (Wildman–Crippen MR) is 81.0 cm³/mol. The van der Waals surface area contributed by atoms with E-state index < -0.39 is 0 Å². The topological polar surface area (TPSA) is 21.3 Å². The van der Waals surface area contributed by atoms with Crippen molar-refractivity contribution in [1.29, 1.82) is 0 Å². The fourth-order valence-corrected chi connectivity index (χ4v) is 3.08. The van der Waals surface area contributed by atoms with E-state index in [9.17, 15) is 0 Å². The maximum atomic E-state index is 6.30. The van der Waals surface area contributed by atoms with Crippen LogP contribution in [0.25, 0.3) is 0 Å². The van der Waals surface area contributed by atoms with Gasteiger partial charge < -0.3 is 10.1 Å². The molecule has 0 bridgehead atoms. The lowest BCUT2D eigenvalue weighted by Crippen LogP contribution is -2.49. The lowest BCUT2D eigenvalue weighted by molar-refractivity contribution is -0.117. The number of nitrogens with one attached hydrogen (secondary N) is 1. The van der Waals surface area contributed by atoms with E-state index in [2.05, 4.69) is 26.1 Å². The summed E-state index contributed by atoms with van der Waals surface area (Å²) in [7, 11) is 0. The van der Waals surface area contributed by atoms with Crippen molar-refractivity contribution in [3.8, 4) is 0 Å². The molecule has 4 heteroatoms. The zero-order valence-corrected chi connectivity index (χ0v) is 13.2. The van der Waals surface area contributed by atoms with Gasteiger partial charge >= 0.3 is 0 Å². The van der Waals surface area contributed by atoms with Gasteiger partial charge in [0.05, 0.1) is 21.8 Å². The van der Waals surface area contributed by atoms with Crippen molar-refractivity contribution >= 4 is 23.2 Å². The quantitative estimate of drug-likeness (QED) is 0.890. The maximum Gasteiger partial charge on any atom is 0.0957 e. The van der Waals surface area contributed by atoms with Crippen LogP contribution in [0.2, 0.25) is 10.0 Å². The minimum absolute atomic E-state index is 0.0345. The fraction of sp³-hybridized carbons (Fsp3) is 0.600. The van der Waals surface area contributed by atoms with Gasteiger partial charge in [0.25, 0.3) is 0 Å². The standard InChI is InChI=1S/C15H21Cl2NO/c1-10(2)7-15(3)9-18-8-14(19-15)11-4-5-12(16)13(17)6-11/h4-6,10,14,18H,7-9H2,1-3H3. The molecule has 1 aromatic rings. The van der Waals surface area contributed by atoms with E-state index in [1.165, 1.54) is 0 Å². The minimum Gasteiger partial charge on any atom is -0.365 e. The highest BCUT2D eigenvalue weighted by molar-refractivity contribution is 6.42. The van der Waals surface area contributed by atoms with Gasteiger partial charge in [0, 0.05) is 13.1 Å². The van der Waals surface area contributed by atoms with E-state index >= 15 is 0 Å². The molecule has 2 atom stereocenters. The Bertz CT molecular complexity index is 450. The molecule has 1 aromatic carbocycles. The molecule has 0 radical (unpaired) electrons. The molecule has 1 fully saturated rings. The number of ether oxygens (including phenoxy) is 1. The Morgan fingerprint density at radius 3 is 2.74 bits per heavy atom. The molecule has 2 nitrogen and oxygen atoms in total. The third-order valence-electron chi connectivity index (χ3n) is 3.41. The largest absolute Gasteiger partial charge is 0.365 e. The summed E-state index contributed by atoms with van der Waals surface area (Å²) in [6, 6.07) is 5.72. The summed E-state index contributed by atoms with van der Waals surface area (Å²) in [5, 5.41) is 4.63. The van der Waals surface area contributed by atoms with Crippen molar-refractivity contribution in [2.45, 2.75) is 38.9 Å². The van der Waals surface area contributed by atoms with Gasteiger partial charge in [0.15, 0.2) is 0 Å². The van der Waals surface area contributed by atoms with Crippen molar-refractivity contribution in [2.75, 3.05) is 13.1 Å². The lowest BCUT2D eigenvalue weighted by atomic mass is 9.91. The van der Waals surface area contributed by atoms with Crippen LogP contribution in [0.5, 0.6) is 0 Å². The van der Waals surface area contributed by atoms with Crippen molar-refractivity contribution in [3.63, 3.8) is 0 Å². The number of halogens is 2. The number of hydrogen-bond acceptors (Lipinski definition) is 2. The lowest BCUT2D eigenvalue weighted by Gasteiger charge is -2.40. The Morgan fingerprint density at radius 1 is 1.37 bits per heavy atom. The fourth-order valence-electron chi connectivity index (χ4n) is 2.78. The summed E-state index contributed by atoms with van der Waals surface area (Å²) in [5.41, 5.74) is 0.958. The van der Waals surface area contributed by atoms with E-state index in [4.69, 9.17) is 27.9 Å². The maximum absolute atomic E-state index is 6.30. The van der Waals surface area contributed by atoms with Crippen molar-refractivity contribution < 1.29 is 4.74 Å². The number of hydrogen-bond donors (Lipinski definition) is 1.